The van der Waals surface area contributed by atoms with Crippen molar-refractivity contribution in [1.82, 2.24) is 9.97 Å². The van der Waals surface area contributed by atoms with Gasteiger partial charge >= 0.3 is 0 Å². The Balaban J connectivity index is 0.000000238. The maximum Gasteiger partial charge on any atom is 0.139 e. The number of para-hydroxylation sites is 1. The van der Waals surface area contributed by atoms with Gasteiger partial charge in [-0.2, -0.15) is 0 Å². The molecule has 1 heterocycles. The number of carbonyl (C=O) groups is 1. The van der Waals surface area contributed by atoms with Crippen molar-refractivity contribution in [3.05, 3.63) is 30.1 Å². The molecule has 28 heavy (non-hydrogen) atoms. The van der Waals surface area contributed by atoms with Gasteiger partial charge in [-0.05, 0) is 37.8 Å². The molecule has 0 saturated heterocycles. The predicted molar refractivity (Wildman–Crippen MR) is 121 cm³/mol. The maximum atomic E-state index is 10.1. The molecule has 0 amide bonds. The number of hydrogen-bond acceptors (Lipinski definition) is 4. The largest absolute Gasteiger partial charge is 0.362 e. The smallest absolute Gasteiger partial charge is 0.139 e. The first kappa shape index (κ1) is 24.1. The lowest BCUT2D eigenvalue weighted by molar-refractivity contribution is -0.119. The van der Waals surface area contributed by atoms with Crippen LogP contribution in [0.2, 0.25) is 0 Å². The van der Waals surface area contributed by atoms with Gasteiger partial charge in [-0.15, -0.1) is 0 Å². The monoisotopic (exact) mass is 385 g/mol. The summed E-state index contributed by atoms with van der Waals surface area (Å²) in [4.78, 5) is 21.0. The molecule has 0 unspecified atom stereocenters. The molecular weight excluding hydrogens is 346 g/mol. The number of fused-ring (bicyclic) bond motifs is 1. The number of carbonyl (C=O) groups excluding carboxylic acids is 1. The molecule has 4 nitrogen and oxygen atoms in total. The van der Waals surface area contributed by atoms with Crippen LogP contribution in [0.5, 0.6) is 0 Å². The van der Waals surface area contributed by atoms with Crippen molar-refractivity contribution < 1.29 is 4.79 Å². The Morgan fingerprint density at radius 1 is 1.00 bits per heavy atom. The fraction of sp³-hybridized carbons (Fsp3) is 0.625. The lowest BCUT2D eigenvalue weighted by Gasteiger charge is -2.22. The van der Waals surface area contributed by atoms with Crippen molar-refractivity contribution in [2.75, 3.05) is 19.0 Å². The minimum atomic E-state index is 0.213. The van der Waals surface area contributed by atoms with E-state index < -0.39 is 0 Å². The van der Waals surface area contributed by atoms with Gasteiger partial charge in [-0.1, -0.05) is 65.5 Å². The minimum Gasteiger partial charge on any atom is -0.362 e. The fourth-order valence-electron chi connectivity index (χ4n) is 2.94. The van der Waals surface area contributed by atoms with Gasteiger partial charge in [0.1, 0.15) is 17.4 Å². The number of Topliss-reactive ketones (excluding diaryl/α,β-unsaturated/α-hetero) is 1. The second-order valence-corrected chi connectivity index (χ2v) is 8.64. The van der Waals surface area contributed by atoms with E-state index in [2.05, 4.69) is 23.8 Å². The van der Waals surface area contributed by atoms with Gasteiger partial charge in [0, 0.05) is 25.4 Å². The molecule has 2 aromatic rings. The molecule has 0 atom stereocenters. The summed E-state index contributed by atoms with van der Waals surface area (Å²) >= 11 is 0. The number of benzene rings is 1. The van der Waals surface area contributed by atoms with Gasteiger partial charge in [0.25, 0.3) is 0 Å². The summed E-state index contributed by atoms with van der Waals surface area (Å²) in [7, 11) is 3.99. The van der Waals surface area contributed by atoms with E-state index in [0.717, 1.165) is 34.4 Å². The van der Waals surface area contributed by atoms with Gasteiger partial charge in [0.15, 0.2) is 0 Å². The highest BCUT2D eigenvalue weighted by Gasteiger charge is 2.13. The van der Waals surface area contributed by atoms with Gasteiger partial charge in [-0.25, -0.2) is 9.97 Å². The standard InChI is InChI=1S/C11H13N3.C8H16.C5H10O/c1-8-12-10-7-5-4-6-9(10)11(13-8)14(2)3;1-7-3-5-8(2)6-4-7;1-4(2)5(3)6/h4-7H,1-3H3;7-8H,3-6H2,1-2H3;4H,1-3H3. The Bertz CT molecular complexity index is 722. The molecule has 1 aromatic carbocycles. The molecule has 1 aliphatic rings. The zero-order chi connectivity index (χ0) is 21.3. The van der Waals surface area contributed by atoms with Gasteiger partial charge in [-0.3, -0.25) is 4.79 Å². The summed E-state index contributed by atoms with van der Waals surface area (Å²) < 4.78 is 0. The summed E-state index contributed by atoms with van der Waals surface area (Å²) in [5.74, 6) is 4.30. The van der Waals surface area contributed by atoms with E-state index in [4.69, 9.17) is 0 Å². The average Bonchev–Trinajstić information content (AvgIpc) is 2.64. The van der Waals surface area contributed by atoms with Crippen LogP contribution >= 0.6 is 0 Å². The number of nitrogens with zero attached hydrogens (tertiary/aromatic N) is 3. The van der Waals surface area contributed by atoms with E-state index in [9.17, 15) is 4.79 Å². The molecule has 0 radical (unpaired) electrons. The van der Waals surface area contributed by atoms with Crippen LogP contribution in [0.25, 0.3) is 10.9 Å². The van der Waals surface area contributed by atoms with Crippen molar-refractivity contribution >= 4 is 22.5 Å². The van der Waals surface area contributed by atoms with Gasteiger partial charge in [0.05, 0.1) is 5.52 Å². The summed E-state index contributed by atoms with van der Waals surface area (Å²) in [6.07, 6.45) is 5.89. The third kappa shape index (κ3) is 8.37. The van der Waals surface area contributed by atoms with Crippen LogP contribution in [0.4, 0.5) is 5.82 Å². The van der Waals surface area contributed by atoms with E-state index >= 15 is 0 Å². The highest BCUT2D eigenvalue weighted by atomic mass is 16.1. The van der Waals surface area contributed by atoms with E-state index in [1.807, 2.05) is 64.0 Å². The number of hydrogen-bond donors (Lipinski definition) is 0. The van der Waals surface area contributed by atoms with Crippen LogP contribution in [0.1, 0.15) is 66.1 Å². The Morgan fingerprint density at radius 2 is 1.46 bits per heavy atom. The summed E-state index contributed by atoms with van der Waals surface area (Å²) in [5.41, 5.74) is 1.00. The molecular formula is C24H39N3O. The zero-order valence-corrected chi connectivity index (χ0v) is 19.1. The molecule has 1 fully saturated rings. The second kappa shape index (κ2) is 11.8. The number of aryl methyl sites for hydroxylation is 1. The van der Waals surface area contributed by atoms with E-state index in [-0.39, 0.29) is 11.7 Å². The van der Waals surface area contributed by atoms with Crippen molar-refractivity contribution in [2.45, 2.75) is 67.2 Å². The highest BCUT2D eigenvalue weighted by molar-refractivity contribution is 5.89. The molecule has 1 saturated carbocycles. The lowest BCUT2D eigenvalue weighted by atomic mass is 9.84. The van der Waals surface area contributed by atoms with Gasteiger partial charge in [0.2, 0.25) is 0 Å². The van der Waals surface area contributed by atoms with E-state index in [1.54, 1.807) is 6.92 Å². The van der Waals surface area contributed by atoms with Crippen molar-refractivity contribution in [1.29, 1.82) is 0 Å². The predicted octanol–water partition coefficient (Wildman–Crippen LogP) is 6.07. The number of anilines is 1. The second-order valence-electron chi connectivity index (χ2n) is 8.64. The Kier molecular flexibility index (Phi) is 10.1. The molecule has 1 aromatic heterocycles. The van der Waals surface area contributed by atoms with Crippen molar-refractivity contribution in [3.63, 3.8) is 0 Å². The van der Waals surface area contributed by atoms with Crippen LogP contribution in [0.3, 0.4) is 0 Å². The Morgan fingerprint density at radius 3 is 1.89 bits per heavy atom. The Labute approximate surface area is 171 Å². The van der Waals surface area contributed by atoms with Crippen LogP contribution in [0, 0.1) is 24.7 Å². The molecule has 1 aliphatic carbocycles. The molecule has 0 N–H and O–H groups in total. The lowest BCUT2D eigenvalue weighted by Crippen LogP contribution is -2.12. The Hall–Kier alpha value is -1.97. The number of aromatic nitrogens is 2. The van der Waals surface area contributed by atoms with E-state index in [1.165, 1.54) is 25.7 Å². The molecule has 4 heteroatoms. The summed E-state index contributed by atoms with van der Waals surface area (Å²) in [6.45, 7) is 12.0. The van der Waals surface area contributed by atoms with Gasteiger partial charge < -0.3 is 4.90 Å². The zero-order valence-electron chi connectivity index (χ0n) is 19.1. The van der Waals surface area contributed by atoms with Crippen LogP contribution < -0.4 is 4.90 Å². The first-order valence-electron chi connectivity index (χ1n) is 10.5. The molecule has 0 spiro atoms. The SMILES string of the molecule is CC(=O)C(C)C.CC1CCC(C)CC1.Cc1nc(N(C)C)c2ccccc2n1. The third-order valence-corrected chi connectivity index (χ3v) is 5.24. The summed E-state index contributed by atoms with van der Waals surface area (Å²) in [5, 5.41) is 1.10. The van der Waals surface area contributed by atoms with Crippen LogP contribution in [0.15, 0.2) is 24.3 Å². The minimum absolute atomic E-state index is 0.213. The maximum absolute atomic E-state index is 10.1. The quantitative estimate of drug-likeness (QED) is 0.629. The molecule has 3 rings (SSSR count). The van der Waals surface area contributed by atoms with E-state index in [0.29, 0.717) is 0 Å². The third-order valence-electron chi connectivity index (χ3n) is 5.24. The molecule has 156 valence electrons. The fourth-order valence-corrected chi connectivity index (χ4v) is 2.94. The van der Waals surface area contributed by atoms with Crippen LogP contribution in [-0.2, 0) is 4.79 Å². The van der Waals surface area contributed by atoms with Crippen molar-refractivity contribution in [2.24, 2.45) is 17.8 Å². The molecule has 0 bridgehead atoms. The normalized spacial score (nSPS) is 18.6. The topological polar surface area (TPSA) is 46.1 Å². The highest BCUT2D eigenvalue weighted by Crippen LogP contribution is 2.27. The number of ketones is 1. The average molecular weight is 386 g/mol. The van der Waals surface area contributed by atoms with Crippen LogP contribution in [-0.4, -0.2) is 29.8 Å². The molecule has 0 aliphatic heterocycles. The first-order chi connectivity index (χ1) is 13.1. The van der Waals surface area contributed by atoms with Crippen molar-refractivity contribution in [3.8, 4) is 0 Å². The summed E-state index contributed by atoms with van der Waals surface area (Å²) in [6, 6.07) is 8.06. The number of rotatable bonds is 2. The first-order valence-corrected chi connectivity index (χ1v) is 10.5.